The van der Waals surface area contributed by atoms with Gasteiger partial charge in [-0.05, 0) is 77.0 Å². The second kappa shape index (κ2) is 47.5. The van der Waals surface area contributed by atoms with Crippen LogP contribution in [0.2, 0.25) is 0 Å². The van der Waals surface area contributed by atoms with Crippen LogP contribution in [0.25, 0.3) is 0 Å². The summed E-state index contributed by atoms with van der Waals surface area (Å²) in [5.74, 6) is -1.74. The number of likely N-dealkylation sites (N-methyl/N-ethyl adjacent to an activating group) is 1. The van der Waals surface area contributed by atoms with E-state index in [1.807, 2.05) is 0 Å². The maximum absolute atomic E-state index is 12.8. The zero-order valence-electron chi connectivity index (χ0n) is 42.9. The van der Waals surface area contributed by atoms with Crippen LogP contribution in [0, 0.1) is 0 Å². The van der Waals surface area contributed by atoms with Gasteiger partial charge in [0.25, 0.3) is 0 Å². The number of hydrogen-bond acceptors (Lipinski definition) is 7. The molecule has 0 aliphatic rings. The number of quaternary nitrogens is 1. The van der Waals surface area contributed by atoms with Crippen LogP contribution >= 0.6 is 0 Å². The van der Waals surface area contributed by atoms with E-state index in [-0.39, 0.29) is 42.7 Å². The quantitative estimate of drug-likeness (QED) is 0.0259. The highest BCUT2D eigenvalue weighted by Crippen LogP contribution is 2.15. The zero-order chi connectivity index (χ0) is 47.7. The van der Waals surface area contributed by atoms with Gasteiger partial charge in [0.15, 0.2) is 6.10 Å². The van der Waals surface area contributed by atoms with Gasteiger partial charge in [0, 0.05) is 19.3 Å². The third-order valence-corrected chi connectivity index (χ3v) is 11.9. The zero-order valence-corrected chi connectivity index (χ0v) is 42.9. The summed E-state index contributed by atoms with van der Waals surface area (Å²) in [6.45, 7) is 4.56. The molecule has 65 heavy (non-hydrogen) atoms. The maximum atomic E-state index is 12.8. The Morgan fingerprint density at radius 3 is 1.29 bits per heavy atom. The van der Waals surface area contributed by atoms with Gasteiger partial charge in [-0.25, -0.2) is 0 Å². The molecule has 0 saturated carbocycles. The van der Waals surface area contributed by atoms with E-state index in [1.54, 1.807) is 21.1 Å². The molecule has 0 bridgehead atoms. The molecule has 0 heterocycles. The number of hydrogen-bond donors (Lipinski definition) is 0. The van der Waals surface area contributed by atoms with Crippen LogP contribution in [-0.4, -0.2) is 75.5 Å². The fourth-order valence-electron chi connectivity index (χ4n) is 7.76. The van der Waals surface area contributed by atoms with E-state index in [4.69, 9.17) is 14.2 Å². The van der Waals surface area contributed by atoms with Gasteiger partial charge in [-0.2, -0.15) is 0 Å². The van der Waals surface area contributed by atoms with Gasteiger partial charge in [0.05, 0.1) is 40.3 Å². The van der Waals surface area contributed by atoms with E-state index in [2.05, 4.69) is 74.6 Å². The Labute approximate surface area is 400 Å². The average Bonchev–Trinajstić information content (AvgIpc) is 3.27. The lowest BCUT2D eigenvalue weighted by Crippen LogP contribution is -2.55. The monoisotopic (exact) mass is 912 g/mol. The van der Waals surface area contributed by atoms with Crippen molar-refractivity contribution < 1.29 is 38.2 Å². The van der Waals surface area contributed by atoms with Crippen molar-refractivity contribution in [1.29, 1.82) is 0 Å². The first-order valence-electron chi connectivity index (χ1n) is 26.8. The second-order valence-corrected chi connectivity index (χ2v) is 19.1. The highest BCUT2D eigenvalue weighted by atomic mass is 16.6. The van der Waals surface area contributed by atoms with Crippen molar-refractivity contribution in [3.63, 3.8) is 0 Å². The summed E-state index contributed by atoms with van der Waals surface area (Å²) >= 11 is 0. The van der Waals surface area contributed by atoms with Crippen molar-refractivity contribution in [2.24, 2.45) is 0 Å². The van der Waals surface area contributed by atoms with Gasteiger partial charge >= 0.3 is 11.9 Å². The molecular formula is C57H101NO7. The number of nitrogens with zero attached hydrogens (tertiary/aromatic N) is 1. The molecule has 8 nitrogen and oxygen atoms in total. The molecule has 0 aromatic rings. The molecule has 0 aromatic carbocycles. The van der Waals surface area contributed by atoms with Crippen molar-refractivity contribution in [2.45, 2.75) is 244 Å². The number of allylic oxidation sites excluding steroid dienone is 10. The SMILES string of the molecule is CC/C=C\C/C=C\C/C=C\C/C=C\CCCCCCCCCCCCC(=O)OC(COCCC(C(=O)[O-])[N+](C)(C)C)COC(=O)CCCCCCCCC/C=C\CCCCCCCCC. The molecule has 8 heteroatoms. The number of carboxylic acids is 1. The van der Waals surface area contributed by atoms with Crippen LogP contribution in [0.3, 0.4) is 0 Å². The summed E-state index contributed by atoms with van der Waals surface area (Å²) in [5.41, 5.74) is 0. The van der Waals surface area contributed by atoms with Crippen molar-refractivity contribution >= 4 is 17.9 Å². The Hall–Kier alpha value is -2.97. The first kappa shape index (κ1) is 62.0. The Kier molecular flexibility index (Phi) is 45.3. The van der Waals surface area contributed by atoms with Crippen LogP contribution in [0.15, 0.2) is 60.8 Å². The molecule has 0 fully saturated rings. The summed E-state index contributed by atoms with van der Waals surface area (Å²) in [7, 11) is 5.42. The molecule has 0 amide bonds. The van der Waals surface area contributed by atoms with Gasteiger partial charge in [-0.3, -0.25) is 9.59 Å². The number of carbonyl (C=O) groups excluding carboxylic acids is 3. The molecule has 0 aromatic heterocycles. The summed E-state index contributed by atoms with van der Waals surface area (Å²) in [6, 6.07) is -0.729. The standard InChI is InChI=1S/C57H101NO7/c1-6-8-10-12-14-16-18-20-22-24-26-27-28-29-30-32-34-36-38-40-42-44-46-48-56(60)65-53(51-63-50-49-54(57(61)62)58(3,4)5)52-64-55(59)47-45-43-41-39-37-35-33-31-25-23-21-19-17-15-13-11-9-7-2/h8,10,14,16,20,22-23,25-27,53-54H,6-7,9,11-13,15,17-19,21,24,28-52H2,1-5H3/b10-8-,16-14-,22-20-,25-23-,27-26-. The van der Waals surface area contributed by atoms with Crippen molar-refractivity contribution in [1.82, 2.24) is 0 Å². The normalized spacial score (nSPS) is 13.3. The van der Waals surface area contributed by atoms with Gasteiger partial charge < -0.3 is 28.6 Å². The van der Waals surface area contributed by atoms with E-state index < -0.39 is 18.1 Å². The molecule has 0 spiro atoms. The van der Waals surface area contributed by atoms with Gasteiger partial charge in [0.1, 0.15) is 12.6 Å². The molecule has 0 aliphatic carbocycles. The molecule has 2 unspecified atom stereocenters. The third-order valence-electron chi connectivity index (χ3n) is 11.9. The average molecular weight is 912 g/mol. The second-order valence-electron chi connectivity index (χ2n) is 19.1. The molecule has 0 radical (unpaired) electrons. The van der Waals surface area contributed by atoms with Gasteiger partial charge in [-0.15, -0.1) is 0 Å². The Bertz CT molecular complexity index is 1250. The lowest BCUT2D eigenvalue weighted by Gasteiger charge is -2.34. The van der Waals surface area contributed by atoms with Crippen molar-refractivity contribution in [3.05, 3.63) is 60.8 Å². The fraction of sp³-hybridized carbons (Fsp3) is 0.772. The number of aliphatic carboxylic acids is 1. The van der Waals surface area contributed by atoms with Crippen LogP contribution < -0.4 is 5.11 Å². The molecule has 2 atom stereocenters. The largest absolute Gasteiger partial charge is 0.544 e. The van der Waals surface area contributed by atoms with E-state index in [9.17, 15) is 19.5 Å². The molecule has 376 valence electrons. The highest BCUT2D eigenvalue weighted by Gasteiger charge is 2.25. The number of rotatable bonds is 48. The first-order valence-corrected chi connectivity index (χ1v) is 26.8. The minimum absolute atomic E-state index is 0.0371. The van der Waals surface area contributed by atoms with E-state index >= 15 is 0 Å². The topological polar surface area (TPSA) is 102 Å². The number of esters is 2. The number of ether oxygens (including phenoxy) is 3. The van der Waals surface area contributed by atoms with E-state index in [1.165, 1.54) is 135 Å². The summed E-state index contributed by atoms with van der Waals surface area (Å²) in [5, 5.41) is 11.7. The van der Waals surface area contributed by atoms with Gasteiger partial charge in [0.2, 0.25) is 0 Å². The van der Waals surface area contributed by atoms with Crippen LogP contribution in [0.1, 0.15) is 232 Å². The van der Waals surface area contributed by atoms with Crippen molar-refractivity contribution in [3.8, 4) is 0 Å². The van der Waals surface area contributed by atoms with Crippen molar-refractivity contribution in [2.75, 3.05) is 41.0 Å². The summed E-state index contributed by atoms with van der Waals surface area (Å²) in [4.78, 5) is 37.1. The van der Waals surface area contributed by atoms with Gasteiger partial charge in [-0.1, -0.05) is 197 Å². The third kappa shape index (κ3) is 46.0. The molecule has 0 saturated heterocycles. The Balaban J connectivity index is 4.22. The van der Waals surface area contributed by atoms with Crippen LogP contribution in [0.4, 0.5) is 0 Å². The molecular weight excluding hydrogens is 811 g/mol. The number of unbranched alkanes of at least 4 members (excludes halogenated alkanes) is 24. The predicted octanol–water partition coefficient (Wildman–Crippen LogP) is 14.4. The smallest absolute Gasteiger partial charge is 0.306 e. The Morgan fingerprint density at radius 2 is 0.862 bits per heavy atom. The minimum Gasteiger partial charge on any atom is -0.544 e. The predicted molar refractivity (Wildman–Crippen MR) is 273 cm³/mol. The minimum atomic E-state index is -1.13. The lowest BCUT2D eigenvalue weighted by atomic mass is 10.0. The number of carbonyl (C=O) groups is 3. The molecule has 0 rings (SSSR count). The van der Waals surface area contributed by atoms with Crippen LogP contribution in [0.5, 0.6) is 0 Å². The van der Waals surface area contributed by atoms with Crippen LogP contribution in [-0.2, 0) is 28.6 Å². The molecule has 0 aliphatic heterocycles. The first-order chi connectivity index (χ1) is 31.6. The Morgan fingerprint density at radius 1 is 0.477 bits per heavy atom. The molecule has 0 N–H and O–H groups in total. The highest BCUT2D eigenvalue weighted by molar-refractivity contribution is 5.70. The summed E-state index contributed by atoms with van der Waals surface area (Å²) < 4.78 is 17.3. The number of carboxylic acid groups (broad SMARTS) is 1. The fourth-order valence-corrected chi connectivity index (χ4v) is 7.76. The maximum Gasteiger partial charge on any atom is 0.306 e. The lowest BCUT2D eigenvalue weighted by molar-refractivity contribution is -0.889. The van der Waals surface area contributed by atoms with E-state index in [0.29, 0.717) is 12.8 Å². The van der Waals surface area contributed by atoms with E-state index in [0.717, 1.165) is 64.2 Å². The summed E-state index contributed by atoms with van der Waals surface area (Å²) in [6.07, 6.45) is 59.6.